The minimum atomic E-state index is -4.58. The van der Waals surface area contributed by atoms with Crippen molar-refractivity contribution in [3.05, 3.63) is 28.7 Å². The van der Waals surface area contributed by atoms with Gasteiger partial charge in [0.2, 0.25) is 0 Å². The van der Waals surface area contributed by atoms with Crippen molar-refractivity contribution < 1.29 is 14.7 Å². The maximum atomic E-state index is 10.4. The van der Waals surface area contributed by atoms with Crippen LogP contribution < -0.4 is 20.0 Å². The fourth-order valence-corrected chi connectivity index (χ4v) is 1.79. The zero-order valence-electron chi connectivity index (χ0n) is 6.07. The molecular weight excluding hydrogens is 271 g/mol. The Balaban J connectivity index is 0.00000121. The molecule has 0 spiro atoms. The van der Waals surface area contributed by atoms with Crippen molar-refractivity contribution in [2.75, 3.05) is 0 Å². The Labute approximate surface area is 109 Å². The van der Waals surface area contributed by atoms with Gasteiger partial charge in [0.25, 0.3) is 0 Å². The fourth-order valence-electron chi connectivity index (χ4n) is 0.646. The summed E-state index contributed by atoms with van der Waals surface area (Å²) in [6.07, 6.45) is 0. The van der Waals surface area contributed by atoms with Gasteiger partial charge >= 0.3 is 37.7 Å². The Morgan fingerprint density at radius 1 is 1.17 bits per heavy atom. The molecule has 0 bridgehead atoms. The van der Waals surface area contributed by atoms with E-state index in [4.69, 9.17) is 0 Å². The predicted molar refractivity (Wildman–Crippen MR) is 46.5 cm³/mol. The molecule has 0 unspecified atom stereocenters. The normalized spacial score (nSPS) is 10.7. The molecule has 12 heavy (non-hydrogen) atoms. The summed E-state index contributed by atoms with van der Waals surface area (Å²) in [5, 5.41) is -0.188. The van der Waals surface area contributed by atoms with Crippen LogP contribution in [0.1, 0.15) is 0 Å². The van der Waals surface area contributed by atoms with Crippen molar-refractivity contribution in [1.82, 2.24) is 0 Å². The molecule has 3 nitrogen and oxygen atoms in total. The smallest absolute Gasteiger partial charge is 0.683 e. The van der Waals surface area contributed by atoms with Gasteiger partial charge in [0.1, 0.15) is 0 Å². The van der Waals surface area contributed by atoms with Crippen molar-refractivity contribution in [1.29, 1.82) is 0 Å². The van der Waals surface area contributed by atoms with Gasteiger partial charge in [-0.15, -0.1) is 7.94 Å². The average Bonchev–Trinajstić information content (AvgIpc) is 1.86. The van der Waals surface area contributed by atoms with Crippen molar-refractivity contribution in [2.24, 2.45) is 0 Å². The molecular formula is C6H4BrCaO3P. The quantitative estimate of drug-likeness (QED) is 0.464. The molecule has 0 saturated carbocycles. The minimum absolute atomic E-state index is 0. The summed E-state index contributed by atoms with van der Waals surface area (Å²) in [6.45, 7) is 0. The Hall–Kier alpha value is 1.27. The zero-order chi connectivity index (χ0) is 8.48. The van der Waals surface area contributed by atoms with E-state index in [0.29, 0.717) is 4.47 Å². The van der Waals surface area contributed by atoms with Crippen LogP contribution in [0.5, 0.6) is 0 Å². The van der Waals surface area contributed by atoms with Crippen LogP contribution in [0, 0.1) is 0 Å². The van der Waals surface area contributed by atoms with E-state index in [9.17, 15) is 14.7 Å². The van der Waals surface area contributed by atoms with Gasteiger partial charge in [-0.2, -0.15) is 0 Å². The third-order valence-corrected chi connectivity index (χ3v) is 2.53. The number of hydrogen-bond donors (Lipinski definition) is 0. The van der Waals surface area contributed by atoms with Gasteiger partial charge in [0.05, 0.1) is 5.30 Å². The van der Waals surface area contributed by atoms with Crippen LogP contribution in [0.4, 0.5) is 0 Å². The first-order chi connectivity index (χ1) is 5.00. The van der Waals surface area contributed by atoms with E-state index < -0.39 is 7.94 Å². The van der Waals surface area contributed by atoms with Gasteiger partial charge in [-0.3, -0.25) is 0 Å². The molecule has 0 fully saturated rings. The van der Waals surface area contributed by atoms with Gasteiger partial charge in [-0.1, -0.05) is 22.0 Å². The van der Waals surface area contributed by atoms with Crippen LogP contribution in [-0.4, -0.2) is 37.7 Å². The Morgan fingerprint density at radius 3 is 2.08 bits per heavy atom. The minimum Gasteiger partial charge on any atom is -0.683 e. The topological polar surface area (TPSA) is 69.2 Å². The van der Waals surface area contributed by atoms with Gasteiger partial charge in [0.15, 0.2) is 0 Å². The summed E-state index contributed by atoms with van der Waals surface area (Å²) >= 11 is 3.06. The largest absolute Gasteiger partial charge is 2.00 e. The molecule has 0 aliphatic carbocycles. The second-order valence-corrected chi connectivity index (χ2v) is 4.40. The van der Waals surface area contributed by atoms with E-state index in [-0.39, 0.29) is 43.0 Å². The molecule has 0 radical (unpaired) electrons. The van der Waals surface area contributed by atoms with Gasteiger partial charge < -0.3 is 14.7 Å². The monoisotopic (exact) mass is 274 g/mol. The van der Waals surface area contributed by atoms with Gasteiger partial charge in [-0.25, -0.2) is 0 Å². The second-order valence-electron chi connectivity index (χ2n) is 1.98. The number of halogens is 1. The van der Waals surface area contributed by atoms with Crippen molar-refractivity contribution in [3.8, 4) is 0 Å². The summed E-state index contributed by atoms with van der Waals surface area (Å²) in [5.74, 6) is 0. The first-order valence-corrected chi connectivity index (χ1v) is 5.12. The van der Waals surface area contributed by atoms with Crippen molar-refractivity contribution >= 4 is 66.9 Å². The van der Waals surface area contributed by atoms with E-state index >= 15 is 0 Å². The summed E-state index contributed by atoms with van der Waals surface area (Å²) < 4.78 is 0.585. The van der Waals surface area contributed by atoms with Crippen LogP contribution in [0.15, 0.2) is 28.7 Å². The van der Waals surface area contributed by atoms with Crippen molar-refractivity contribution in [3.63, 3.8) is 0 Å². The zero-order valence-corrected chi connectivity index (χ0v) is 10.8. The van der Waals surface area contributed by atoms with Crippen LogP contribution in [0.2, 0.25) is 0 Å². The molecule has 0 aromatic heterocycles. The molecule has 60 valence electrons. The molecule has 0 amide bonds. The van der Waals surface area contributed by atoms with Crippen LogP contribution in [0.3, 0.4) is 0 Å². The van der Waals surface area contributed by atoms with Gasteiger partial charge in [0, 0.05) is 4.47 Å². The van der Waals surface area contributed by atoms with Crippen molar-refractivity contribution in [2.45, 2.75) is 0 Å². The number of rotatable bonds is 1. The molecule has 0 heterocycles. The molecule has 0 N–H and O–H groups in total. The molecule has 0 aliphatic rings. The first kappa shape index (κ1) is 13.3. The van der Waals surface area contributed by atoms with E-state index in [2.05, 4.69) is 15.9 Å². The van der Waals surface area contributed by atoms with E-state index in [0.717, 1.165) is 0 Å². The summed E-state index contributed by atoms with van der Waals surface area (Å²) in [7, 11) is -4.58. The Morgan fingerprint density at radius 2 is 1.75 bits per heavy atom. The van der Waals surface area contributed by atoms with Gasteiger partial charge in [-0.05, 0) is 18.2 Å². The Kier molecular flexibility index (Phi) is 5.78. The van der Waals surface area contributed by atoms with Crippen LogP contribution >= 0.6 is 23.9 Å². The molecule has 0 atom stereocenters. The molecule has 1 rings (SSSR count). The van der Waals surface area contributed by atoms with E-state index in [1.165, 1.54) is 18.2 Å². The number of hydrogen-bond acceptors (Lipinski definition) is 3. The molecule has 1 aromatic carbocycles. The first-order valence-electron chi connectivity index (χ1n) is 2.78. The standard InChI is InChI=1S/C6H6BrO3P.Ca/c7-5-2-1-3-6(4-5)11(8,9)10;/h1-4H,(H2,8,9,10);/q;+2/p-2. The molecule has 1 aromatic rings. The number of benzene rings is 1. The van der Waals surface area contributed by atoms with Crippen LogP contribution in [0.25, 0.3) is 0 Å². The van der Waals surface area contributed by atoms with E-state index in [1.54, 1.807) is 6.07 Å². The Bertz CT molecular complexity index is 263. The summed E-state index contributed by atoms with van der Waals surface area (Å²) in [4.78, 5) is 31.3. The maximum absolute atomic E-state index is 10.4. The molecule has 6 heteroatoms. The SMILES string of the molecule is [Ca+2].[O-][P+]([O-])([O-])c1cccc(Br)c1. The molecule has 0 aliphatic heterocycles. The third kappa shape index (κ3) is 3.99. The summed E-state index contributed by atoms with van der Waals surface area (Å²) in [5.41, 5.74) is 0. The third-order valence-electron chi connectivity index (χ3n) is 1.12. The average molecular weight is 275 g/mol. The second kappa shape index (κ2) is 5.23. The maximum Gasteiger partial charge on any atom is 2.00 e. The van der Waals surface area contributed by atoms with Crippen LogP contribution in [-0.2, 0) is 0 Å². The van der Waals surface area contributed by atoms with E-state index in [1.807, 2.05) is 0 Å². The predicted octanol–water partition coefficient (Wildman–Crippen LogP) is -1.46. The molecule has 0 saturated heterocycles. The summed E-state index contributed by atoms with van der Waals surface area (Å²) in [6, 6.07) is 5.70. The fraction of sp³-hybridized carbons (Fsp3) is 0.